The van der Waals surface area contributed by atoms with Crippen LogP contribution in [0.5, 0.6) is 5.75 Å². The SMILES string of the molecule is CC(=N)N1C(=N)CN=C(c2ccc(Cl)cc2)c2cc(OCc3ccc(CN)cc3)ccc21. The number of rotatable bonds is 5. The highest BCUT2D eigenvalue weighted by atomic mass is 35.5. The van der Waals surface area contributed by atoms with Gasteiger partial charge in [-0.15, -0.1) is 0 Å². The molecule has 4 rings (SSSR count). The predicted octanol–water partition coefficient (Wildman–Crippen LogP) is 5.01. The number of nitrogens with one attached hydrogen (secondary N) is 2. The molecule has 32 heavy (non-hydrogen) atoms. The van der Waals surface area contributed by atoms with Crippen molar-refractivity contribution in [2.45, 2.75) is 20.1 Å². The molecular weight excluding hydrogens is 422 g/mol. The number of ether oxygens (including phenoxy) is 1. The molecule has 0 unspecified atom stereocenters. The molecule has 4 N–H and O–H groups in total. The minimum absolute atomic E-state index is 0.173. The van der Waals surface area contributed by atoms with Crippen LogP contribution < -0.4 is 15.4 Å². The molecule has 1 aliphatic heterocycles. The van der Waals surface area contributed by atoms with E-state index in [-0.39, 0.29) is 18.2 Å². The summed E-state index contributed by atoms with van der Waals surface area (Å²) < 4.78 is 6.07. The van der Waals surface area contributed by atoms with Crippen molar-refractivity contribution in [2.24, 2.45) is 10.7 Å². The third-order valence-electron chi connectivity index (χ3n) is 5.24. The quantitative estimate of drug-likeness (QED) is 0.380. The fourth-order valence-electron chi connectivity index (χ4n) is 3.62. The molecule has 0 bridgehead atoms. The lowest BCUT2D eigenvalue weighted by Gasteiger charge is -2.24. The molecule has 7 heteroatoms. The molecule has 0 atom stereocenters. The van der Waals surface area contributed by atoms with Crippen LogP contribution in [-0.2, 0) is 13.2 Å². The van der Waals surface area contributed by atoms with Crippen molar-refractivity contribution in [3.63, 3.8) is 0 Å². The van der Waals surface area contributed by atoms with E-state index < -0.39 is 0 Å². The molecule has 3 aromatic rings. The van der Waals surface area contributed by atoms with Crippen LogP contribution in [0.1, 0.15) is 29.2 Å². The van der Waals surface area contributed by atoms with E-state index in [1.165, 1.54) is 0 Å². The molecule has 0 saturated heterocycles. The number of benzene rings is 3. The van der Waals surface area contributed by atoms with Crippen LogP contribution in [-0.4, -0.2) is 23.9 Å². The second kappa shape index (κ2) is 9.34. The van der Waals surface area contributed by atoms with Gasteiger partial charge in [0, 0.05) is 22.7 Å². The van der Waals surface area contributed by atoms with Crippen LogP contribution in [0.4, 0.5) is 5.69 Å². The van der Waals surface area contributed by atoms with Gasteiger partial charge in [-0.05, 0) is 48.4 Å². The van der Waals surface area contributed by atoms with Crippen molar-refractivity contribution >= 4 is 34.7 Å². The Balaban J connectivity index is 1.71. The zero-order valence-corrected chi connectivity index (χ0v) is 18.5. The summed E-state index contributed by atoms with van der Waals surface area (Å²) in [5.74, 6) is 1.19. The van der Waals surface area contributed by atoms with Crippen molar-refractivity contribution in [1.82, 2.24) is 0 Å². The zero-order valence-electron chi connectivity index (χ0n) is 17.7. The number of fused-ring (bicyclic) bond motifs is 1. The molecule has 0 spiro atoms. The molecule has 0 amide bonds. The summed E-state index contributed by atoms with van der Waals surface area (Å²) in [6.07, 6.45) is 0. The van der Waals surface area contributed by atoms with E-state index in [4.69, 9.17) is 37.9 Å². The maximum atomic E-state index is 8.43. The highest BCUT2D eigenvalue weighted by molar-refractivity contribution is 6.31. The van der Waals surface area contributed by atoms with Crippen molar-refractivity contribution in [3.8, 4) is 5.75 Å². The summed E-state index contributed by atoms with van der Waals surface area (Å²) in [6, 6.07) is 21.1. The van der Waals surface area contributed by atoms with Crippen LogP contribution in [0, 0.1) is 10.8 Å². The number of nitrogens with two attached hydrogens (primary N) is 1. The lowest BCUT2D eigenvalue weighted by Crippen LogP contribution is -2.35. The predicted molar refractivity (Wildman–Crippen MR) is 131 cm³/mol. The van der Waals surface area contributed by atoms with Gasteiger partial charge < -0.3 is 10.5 Å². The molecular formula is C25H24ClN5O. The van der Waals surface area contributed by atoms with Gasteiger partial charge in [-0.25, -0.2) is 0 Å². The number of hydrogen-bond acceptors (Lipinski definition) is 5. The smallest absolute Gasteiger partial charge is 0.128 e. The van der Waals surface area contributed by atoms with E-state index in [2.05, 4.69) is 0 Å². The number of benzodiazepines with no additional fused rings is 1. The fourth-order valence-corrected chi connectivity index (χ4v) is 3.75. The van der Waals surface area contributed by atoms with Crippen LogP contribution >= 0.6 is 11.6 Å². The number of halogens is 1. The number of amidine groups is 2. The first kappa shape index (κ1) is 21.7. The van der Waals surface area contributed by atoms with E-state index >= 15 is 0 Å². The average molecular weight is 446 g/mol. The zero-order chi connectivity index (χ0) is 22.7. The molecule has 0 fully saturated rings. The molecule has 6 nitrogen and oxygen atoms in total. The van der Waals surface area contributed by atoms with E-state index in [9.17, 15) is 0 Å². The van der Waals surface area contributed by atoms with Crippen molar-refractivity contribution in [2.75, 3.05) is 11.4 Å². The normalized spacial score (nSPS) is 13.3. The van der Waals surface area contributed by atoms with E-state index in [0.717, 1.165) is 33.7 Å². The minimum Gasteiger partial charge on any atom is -0.489 e. The second-order valence-corrected chi connectivity index (χ2v) is 7.96. The standard InChI is InChI=1S/C25H24ClN5O/c1-16(28)31-23-11-10-21(32-15-18-4-2-17(13-27)3-5-18)12-22(23)25(30-14-24(31)29)19-6-8-20(26)9-7-19/h2-12,28-29H,13-15,27H2,1H3. The number of anilines is 1. The van der Waals surface area contributed by atoms with Gasteiger partial charge in [-0.2, -0.15) is 0 Å². The summed E-state index contributed by atoms with van der Waals surface area (Å²) in [6.45, 7) is 2.77. The van der Waals surface area contributed by atoms with Gasteiger partial charge in [0.2, 0.25) is 0 Å². The topological polar surface area (TPSA) is 98.5 Å². The first-order valence-electron chi connectivity index (χ1n) is 10.2. The Morgan fingerprint density at radius 2 is 1.75 bits per heavy atom. The summed E-state index contributed by atoms with van der Waals surface area (Å²) in [5.41, 5.74) is 11.0. The number of nitrogens with zero attached hydrogens (tertiary/aromatic N) is 2. The van der Waals surface area contributed by atoms with Crippen molar-refractivity contribution in [3.05, 3.63) is 94.0 Å². The number of hydrogen-bond donors (Lipinski definition) is 3. The van der Waals surface area contributed by atoms with Crippen molar-refractivity contribution in [1.29, 1.82) is 10.8 Å². The lowest BCUT2D eigenvalue weighted by molar-refractivity contribution is 0.306. The monoisotopic (exact) mass is 445 g/mol. The highest BCUT2D eigenvalue weighted by Gasteiger charge is 2.25. The maximum Gasteiger partial charge on any atom is 0.128 e. The average Bonchev–Trinajstić information content (AvgIpc) is 2.94. The molecule has 1 aliphatic rings. The van der Waals surface area contributed by atoms with Gasteiger partial charge in [-0.1, -0.05) is 48.0 Å². The van der Waals surface area contributed by atoms with Crippen LogP contribution in [0.2, 0.25) is 5.02 Å². The first-order chi connectivity index (χ1) is 15.5. The van der Waals surface area contributed by atoms with Crippen LogP contribution in [0.25, 0.3) is 0 Å². The van der Waals surface area contributed by atoms with Gasteiger partial charge in [0.05, 0.1) is 17.9 Å². The van der Waals surface area contributed by atoms with Gasteiger partial charge in [0.25, 0.3) is 0 Å². The highest BCUT2D eigenvalue weighted by Crippen LogP contribution is 2.31. The molecule has 0 aliphatic carbocycles. The molecule has 0 aromatic heterocycles. The molecule has 0 saturated carbocycles. The van der Waals surface area contributed by atoms with E-state index in [0.29, 0.717) is 23.9 Å². The Morgan fingerprint density at radius 1 is 1.06 bits per heavy atom. The van der Waals surface area contributed by atoms with Crippen LogP contribution in [0.3, 0.4) is 0 Å². The van der Waals surface area contributed by atoms with Crippen LogP contribution in [0.15, 0.2) is 71.7 Å². The summed E-state index contributed by atoms with van der Waals surface area (Å²) in [4.78, 5) is 6.31. The summed E-state index contributed by atoms with van der Waals surface area (Å²) >= 11 is 6.08. The Hall–Kier alpha value is -3.48. The Morgan fingerprint density at radius 3 is 2.41 bits per heavy atom. The van der Waals surface area contributed by atoms with Gasteiger partial charge >= 0.3 is 0 Å². The third kappa shape index (κ3) is 4.56. The van der Waals surface area contributed by atoms with E-state index in [1.54, 1.807) is 11.8 Å². The Bertz CT molecular complexity index is 1190. The Kier molecular flexibility index (Phi) is 6.35. The van der Waals surface area contributed by atoms with Crippen molar-refractivity contribution < 1.29 is 4.74 Å². The second-order valence-electron chi connectivity index (χ2n) is 7.53. The summed E-state index contributed by atoms with van der Waals surface area (Å²) in [5, 5.41) is 17.3. The molecule has 162 valence electrons. The largest absolute Gasteiger partial charge is 0.489 e. The fraction of sp³-hybridized carbons (Fsp3) is 0.160. The third-order valence-corrected chi connectivity index (χ3v) is 5.49. The van der Waals surface area contributed by atoms with E-state index in [1.807, 2.05) is 66.7 Å². The summed E-state index contributed by atoms with van der Waals surface area (Å²) in [7, 11) is 0. The first-order valence-corrected chi connectivity index (χ1v) is 10.6. The molecule has 3 aromatic carbocycles. The minimum atomic E-state index is 0.173. The molecule has 1 heterocycles. The maximum absolute atomic E-state index is 8.43. The van der Waals surface area contributed by atoms with Gasteiger partial charge in [-0.3, -0.25) is 20.7 Å². The number of aliphatic imine (C=N–C) groups is 1. The van der Waals surface area contributed by atoms with Gasteiger partial charge in [0.1, 0.15) is 24.0 Å². The lowest BCUT2D eigenvalue weighted by atomic mass is 9.99. The van der Waals surface area contributed by atoms with Gasteiger partial charge in [0.15, 0.2) is 0 Å². The Labute approximate surface area is 192 Å². The molecule has 0 radical (unpaired) electrons.